The maximum absolute atomic E-state index is 11.9. The third-order valence-electron chi connectivity index (χ3n) is 3.63. The molecule has 0 aliphatic rings. The minimum absolute atomic E-state index is 0.210. The van der Waals surface area contributed by atoms with E-state index in [1.807, 2.05) is 25.1 Å². The summed E-state index contributed by atoms with van der Waals surface area (Å²) in [5.74, 6) is 0.716. The number of methoxy groups -OCH3 is 2. The molecule has 7 heteroatoms. The molecule has 0 atom stereocenters. The SMILES string of the molecule is COc1cccc(/C=C/C(=O)NNC(=O)COc2ccccc2C)c1OC. The normalized spacial score (nSPS) is 10.3. The van der Waals surface area contributed by atoms with Crippen LogP contribution in [0.15, 0.2) is 48.5 Å². The summed E-state index contributed by atoms with van der Waals surface area (Å²) < 4.78 is 15.9. The second-order valence-electron chi connectivity index (χ2n) is 5.51. The van der Waals surface area contributed by atoms with Crippen molar-refractivity contribution in [1.29, 1.82) is 0 Å². The second-order valence-corrected chi connectivity index (χ2v) is 5.51. The highest BCUT2D eigenvalue weighted by molar-refractivity contribution is 5.93. The van der Waals surface area contributed by atoms with Gasteiger partial charge >= 0.3 is 0 Å². The number of ether oxygens (including phenoxy) is 3. The molecule has 2 N–H and O–H groups in total. The molecule has 0 aliphatic heterocycles. The van der Waals surface area contributed by atoms with Crippen LogP contribution in [0.4, 0.5) is 0 Å². The Labute approximate surface area is 157 Å². The zero-order valence-electron chi connectivity index (χ0n) is 15.4. The van der Waals surface area contributed by atoms with Gasteiger partial charge in [0.15, 0.2) is 18.1 Å². The molecule has 0 heterocycles. The maximum Gasteiger partial charge on any atom is 0.276 e. The summed E-state index contributed by atoms with van der Waals surface area (Å²) >= 11 is 0. The lowest BCUT2D eigenvalue weighted by atomic mass is 10.1. The van der Waals surface area contributed by atoms with Crippen molar-refractivity contribution in [2.75, 3.05) is 20.8 Å². The van der Waals surface area contributed by atoms with Gasteiger partial charge in [-0.25, -0.2) is 0 Å². The Bertz CT molecular complexity index is 833. The minimum atomic E-state index is -0.496. The molecule has 2 aromatic rings. The number of rotatable bonds is 7. The van der Waals surface area contributed by atoms with Gasteiger partial charge in [0, 0.05) is 11.6 Å². The van der Waals surface area contributed by atoms with Gasteiger partial charge in [-0.1, -0.05) is 30.3 Å². The Morgan fingerprint density at radius 3 is 2.41 bits per heavy atom. The molecule has 2 aromatic carbocycles. The van der Waals surface area contributed by atoms with E-state index in [9.17, 15) is 9.59 Å². The van der Waals surface area contributed by atoms with Crippen molar-refractivity contribution in [1.82, 2.24) is 10.9 Å². The highest BCUT2D eigenvalue weighted by atomic mass is 16.5. The number of amides is 2. The molecular formula is C20H22N2O5. The largest absolute Gasteiger partial charge is 0.493 e. The molecule has 0 fully saturated rings. The van der Waals surface area contributed by atoms with E-state index in [1.54, 1.807) is 30.3 Å². The summed E-state index contributed by atoms with van der Waals surface area (Å²) in [6, 6.07) is 12.7. The first-order valence-electron chi connectivity index (χ1n) is 8.21. The van der Waals surface area contributed by atoms with E-state index in [4.69, 9.17) is 14.2 Å². The van der Waals surface area contributed by atoms with Crippen LogP contribution in [0, 0.1) is 6.92 Å². The fraction of sp³-hybridized carbons (Fsp3) is 0.200. The molecule has 0 aromatic heterocycles. The van der Waals surface area contributed by atoms with Gasteiger partial charge in [0.25, 0.3) is 11.8 Å². The van der Waals surface area contributed by atoms with E-state index in [0.717, 1.165) is 5.56 Å². The molecule has 27 heavy (non-hydrogen) atoms. The van der Waals surface area contributed by atoms with E-state index in [-0.39, 0.29) is 6.61 Å². The van der Waals surface area contributed by atoms with Crippen LogP contribution in [-0.4, -0.2) is 32.6 Å². The monoisotopic (exact) mass is 370 g/mol. The number of carbonyl (C=O) groups is 2. The smallest absolute Gasteiger partial charge is 0.276 e. The Kier molecular flexibility index (Phi) is 7.25. The molecule has 0 saturated heterocycles. The number of nitrogens with one attached hydrogen (secondary N) is 2. The summed E-state index contributed by atoms with van der Waals surface area (Å²) in [5.41, 5.74) is 6.17. The highest BCUT2D eigenvalue weighted by Gasteiger charge is 2.08. The van der Waals surface area contributed by atoms with Crippen molar-refractivity contribution < 1.29 is 23.8 Å². The van der Waals surface area contributed by atoms with Crippen LogP contribution in [0.3, 0.4) is 0 Å². The van der Waals surface area contributed by atoms with E-state index in [1.165, 1.54) is 20.3 Å². The van der Waals surface area contributed by atoms with Crippen LogP contribution in [-0.2, 0) is 9.59 Å². The van der Waals surface area contributed by atoms with Crippen LogP contribution in [0.5, 0.6) is 17.2 Å². The fourth-order valence-electron chi connectivity index (χ4n) is 2.28. The first-order valence-corrected chi connectivity index (χ1v) is 8.21. The molecule has 2 rings (SSSR count). The third-order valence-corrected chi connectivity index (χ3v) is 3.63. The summed E-state index contributed by atoms with van der Waals surface area (Å²) in [7, 11) is 3.05. The number of benzene rings is 2. The molecule has 0 spiro atoms. The van der Waals surface area contributed by atoms with Crippen LogP contribution in [0.2, 0.25) is 0 Å². The standard InChI is InChI=1S/C20H22N2O5/c1-14-7-4-5-9-16(14)27-13-19(24)22-21-18(23)12-11-15-8-6-10-17(25-2)20(15)26-3/h4-12H,13H2,1-3H3,(H,21,23)(H,22,24)/b12-11+. The van der Waals surface area contributed by atoms with E-state index >= 15 is 0 Å². The topological polar surface area (TPSA) is 85.9 Å². The van der Waals surface area contributed by atoms with Crippen molar-refractivity contribution in [3.05, 3.63) is 59.7 Å². The van der Waals surface area contributed by atoms with Crippen LogP contribution < -0.4 is 25.1 Å². The number of hydrogen-bond acceptors (Lipinski definition) is 5. The van der Waals surface area contributed by atoms with Crippen LogP contribution in [0.1, 0.15) is 11.1 Å². The Morgan fingerprint density at radius 2 is 1.70 bits per heavy atom. The van der Waals surface area contributed by atoms with Gasteiger partial charge in [-0.15, -0.1) is 0 Å². The van der Waals surface area contributed by atoms with Crippen molar-refractivity contribution in [2.24, 2.45) is 0 Å². The minimum Gasteiger partial charge on any atom is -0.493 e. The van der Waals surface area contributed by atoms with Crippen molar-refractivity contribution >= 4 is 17.9 Å². The van der Waals surface area contributed by atoms with E-state index < -0.39 is 11.8 Å². The van der Waals surface area contributed by atoms with Crippen molar-refractivity contribution in [3.8, 4) is 17.2 Å². The summed E-state index contributed by atoms with van der Waals surface area (Å²) in [6.07, 6.45) is 2.84. The zero-order valence-corrected chi connectivity index (χ0v) is 15.4. The summed E-state index contributed by atoms with van der Waals surface area (Å²) in [5, 5.41) is 0. The average Bonchev–Trinajstić information content (AvgIpc) is 2.69. The first-order chi connectivity index (χ1) is 13.0. The Balaban J connectivity index is 1.84. The molecule has 0 bridgehead atoms. The van der Waals surface area contributed by atoms with Gasteiger partial charge in [0.05, 0.1) is 14.2 Å². The lowest BCUT2D eigenvalue weighted by Gasteiger charge is -2.10. The average molecular weight is 370 g/mol. The summed E-state index contributed by atoms with van der Waals surface area (Å²) in [6.45, 7) is 1.67. The van der Waals surface area contributed by atoms with Gasteiger partial charge in [0.2, 0.25) is 0 Å². The van der Waals surface area contributed by atoms with Gasteiger partial charge < -0.3 is 14.2 Å². The molecule has 0 saturated carbocycles. The van der Waals surface area contributed by atoms with Gasteiger partial charge in [-0.3, -0.25) is 20.4 Å². The summed E-state index contributed by atoms with van der Waals surface area (Å²) in [4.78, 5) is 23.7. The molecule has 2 amide bonds. The number of para-hydroxylation sites is 2. The van der Waals surface area contributed by atoms with Crippen molar-refractivity contribution in [2.45, 2.75) is 6.92 Å². The number of hydrogen-bond donors (Lipinski definition) is 2. The van der Waals surface area contributed by atoms with Crippen molar-refractivity contribution in [3.63, 3.8) is 0 Å². The van der Waals surface area contributed by atoms with E-state index in [0.29, 0.717) is 22.8 Å². The molecule has 142 valence electrons. The van der Waals surface area contributed by atoms with Gasteiger partial charge in [0.1, 0.15) is 5.75 Å². The van der Waals surface area contributed by atoms with Crippen LogP contribution in [0.25, 0.3) is 6.08 Å². The molecule has 7 nitrogen and oxygen atoms in total. The molecule has 0 aliphatic carbocycles. The third kappa shape index (κ3) is 5.78. The predicted octanol–water partition coefficient (Wildman–Crippen LogP) is 2.25. The zero-order chi connectivity index (χ0) is 19.6. The molecule has 0 radical (unpaired) electrons. The lowest BCUT2D eigenvalue weighted by Crippen LogP contribution is -2.43. The number of aryl methyl sites for hydroxylation is 1. The quantitative estimate of drug-likeness (QED) is 0.577. The fourth-order valence-corrected chi connectivity index (χ4v) is 2.28. The maximum atomic E-state index is 11.9. The highest BCUT2D eigenvalue weighted by Crippen LogP contribution is 2.31. The second kappa shape index (κ2) is 9.86. The molecular weight excluding hydrogens is 348 g/mol. The van der Waals surface area contributed by atoms with E-state index in [2.05, 4.69) is 10.9 Å². The van der Waals surface area contributed by atoms with Gasteiger partial charge in [-0.2, -0.15) is 0 Å². The predicted molar refractivity (Wildman–Crippen MR) is 102 cm³/mol. The number of hydrazine groups is 1. The lowest BCUT2D eigenvalue weighted by molar-refractivity contribution is -0.128. The first kappa shape index (κ1) is 19.8. The number of carbonyl (C=O) groups excluding carboxylic acids is 2. The Hall–Kier alpha value is -3.48. The Morgan fingerprint density at radius 1 is 0.963 bits per heavy atom. The van der Waals surface area contributed by atoms with Crippen LogP contribution >= 0.6 is 0 Å². The van der Waals surface area contributed by atoms with Gasteiger partial charge in [-0.05, 0) is 30.7 Å². The molecule has 0 unspecified atom stereocenters.